The number of benzene rings is 2. The minimum atomic E-state index is -0.524. The van der Waals surface area contributed by atoms with Crippen LogP contribution < -0.4 is 14.8 Å². The predicted octanol–water partition coefficient (Wildman–Crippen LogP) is 4.62. The van der Waals surface area contributed by atoms with Crippen molar-refractivity contribution in [2.45, 2.75) is 40.2 Å². The van der Waals surface area contributed by atoms with Gasteiger partial charge >= 0.3 is 0 Å². The average molecular weight is 376 g/mol. The topological polar surface area (TPSA) is 47.6 Å². The van der Waals surface area contributed by atoms with E-state index in [4.69, 9.17) is 21.1 Å². The van der Waals surface area contributed by atoms with Crippen LogP contribution in [0.4, 0.5) is 0 Å². The lowest BCUT2D eigenvalue weighted by molar-refractivity contribution is -0.128. The highest BCUT2D eigenvalue weighted by molar-refractivity contribution is 6.31. The Balaban J connectivity index is 1.83. The molecular formula is C21H26ClNO3. The van der Waals surface area contributed by atoms with E-state index in [9.17, 15) is 4.79 Å². The Morgan fingerprint density at radius 2 is 1.85 bits per heavy atom. The van der Waals surface area contributed by atoms with Crippen LogP contribution >= 0.6 is 11.6 Å². The van der Waals surface area contributed by atoms with Crippen LogP contribution in [-0.4, -0.2) is 25.2 Å². The maximum absolute atomic E-state index is 12.4. The molecule has 0 heterocycles. The number of hydrogen-bond donors (Lipinski definition) is 1. The Bertz CT molecular complexity index is 761. The number of carbonyl (C=O) groups is 1. The maximum Gasteiger partial charge on any atom is 0.261 e. The molecule has 1 amide bonds. The van der Waals surface area contributed by atoms with E-state index in [2.05, 4.69) is 5.32 Å². The molecule has 26 heavy (non-hydrogen) atoms. The van der Waals surface area contributed by atoms with E-state index in [1.807, 2.05) is 58.0 Å². The minimum Gasteiger partial charge on any atom is -0.492 e. The highest BCUT2D eigenvalue weighted by Gasteiger charge is 2.18. The monoisotopic (exact) mass is 375 g/mol. The summed E-state index contributed by atoms with van der Waals surface area (Å²) in [6, 6.07) is 11.5. The molecule has 140 valence electrons. The third-order valence-corrected chi connectivity index (χ3v) is 4.50. The SMILES string of the molecule is CC[C@@H](Oc1cc(C)ccc1C)C(=O)NCCOc1ccc(C)c(Cl)c1. The molecule has 0 radical (unpaired) electrons. The van der Waals surface area contributed by atoms with Crippen LogP contribution in [0, 0.1) is 20.8 Å². The average Bonchev–Trinajstić information content (AvgIpc) is 2.62. The summed E-state index contributed by atoms with van der Waals surface area (Å²) in [6.07, 6.45) is 0.0671. The summed E-state index contributed by atoms with van der Waals surface area (Å²) >= 11 is 6.07. The van der Waals surface area contributed by atoms with Gasteiger partial charge in [0.05, 0.1) is 6.54 Å². The molecule has 0 aliphatic rings. The molecule has 0 unspecified atom stereocenters. The lowest BCUT2D eigenvalue weighted by atomic mass is 10.1. The van der Waals surface area contributed by atoms with Crippen LogP contribution in [-0.2, 0) is 4.79 Å². The van der Waals surface area contributed by atoms with Crippen molar-refractivity contribution in [2.24, 2.45) is 0 Å². The standard InChI is InChI=1S/C21H26ClNO3/c1-5-19(26-20-12-14(2)6-7-16(20)4)21(24)23-10-11-25-17-9-8-15(3)18(22)13-17/h6-9,12-13,19H,5,10-11H2,1-4H3,(H,23,24)/t19-/m1/s1. The molecular weight excluding hydrogens is 350 g/mol. The zero-order chi connectivity index (χ0) is 19.1. The summed E-state index contributed by atoms with van der Waals surface area (Å²) in [5.74, 6) is 1.30. The molecule has 0 bridgehead atoms. The first-order chi connectivity index (χ1) is 12.4. The van der Waals surface area contributed by atoms with Crippen molar-refractivity contribution in [3.8, 4) is 11.5 Å². The zero-order valence-corrected chi connectivity index (χ0v) is 16.5. The van der Waals surface area contributed by atoms with E-state index < -0.39 is 6.10 Å². The Labute approximate surface area is 160 Å². The van der Waals surface area contributed by atoms with Crippen LogP contribution in [0.25, 0.3) is 0 Å². The molecule has 0 saturated carbocycles. The molecule has 2 rings (SSSR count). The summed E-state index contributed by atoms with van der Waals surface area (Å²) in [5, 5.41) is 3.53. The van der Waals surface area contributed by atoms with Gasteiger partial charge in [-0.15, -0.1) is 0 Å². The fourth-order valence-corrected chi connectivity index (χ4v) is 2.60. The van der Waals surface area contributed by atoms with E-state index in [0.717, 1.165) is 22.4 Å². The van der Waals surface area contributed by atoms with Gasteiger partial charge in [-0.25, -0.2) is 0 Å². The lowest BCUT2D eigenvalue weighted by Gasteiger charge is -2.19. The second kappa shape index (κ2) is 9.48. The van der Waals surface area contributed by atoms with Gasteiger partial charge in [0, 0.05) is 5.02 Å². The summed E-state index contributed by atoms with van der Waals surface area (Å²) < 4.78 is 11.5. The first-order valence-corrected chi connectivity index (χ1v) is 9.19. The van der Waals surface area contributed by atoms with Crippen molar-refractivity contribution < 1.29 is 14.3 Å². The quantitative estimate of drug-likeness (QED) is 0.685. The lowest BCUT2D eigenvalue weighted by Crippen LogP contribution is -2.39. The predicted molar refractivity (Wildman–Crippen MR) is 105 cm³/mol. The molecule has 0 aromatic heterocycles. The molecule has 4 nitrogen and oxygen atoms in total. The van der Waals surface area contributed by atoms with Gasteiger partial charge in [-0.2, -0.15) is 0 Å². The zero-order valence-electron chi connectivity index (χ0n) is 15.8. The molecule has 2 aromatic rings. The summed E-state index contributed by atoms with van der Waals surface area (Å²) in [7, 11) is 0. The number of halogens is 1. The normalized spacial score (nSPS) is 11.7. The second-order valence-electron chi connectivity index (χ2n) is 6.33. The van der Waals surface area contributed by atoms with Gasteiger partial charge in [0.2, 0.25) is 0 Å². The van der Waals surface area contributed by atoms with E-state index in [1.165, 1.54) is 0 Å². The van der Waals surface area contributed by atoms with E-state index in [1.54, 1.807) is 6.07 Å². The Morgan fingerprint density at radius 1 is 1.12 bits per heavy atom. The molecule has 2 aromatic carbocycles. The van der Waals surface area contributed by atoms with Crippen molar-refractivity contribution in [1.82, 2.24) is 5.32 Å². The van der Waals surface area contributed by atoms with Crippen molar-refractivity contribution in [2.75, 3.05) is 13.2 Å². The Hall–Kier alpha value is -2.20. The molecule has 1 atom stereocenters. The maximum atomic E-state index is 12.4. The van der Waals surface area contributed by atoms with Gasteiger partial charge in [-0.3, -0.25) is 4.79 Å². The molecule has 0 fully saturated rings. The molecule has 5 heteroatoms. The smallest absolute Gasteiger partial charge is 0.261 e. The van der Waals surface area contributed by atoms with Crippen molar-refractivity contribution in [3.63, 3.8) is 0 Å². The van der Waals surface area contributed by atoms with Gasteiger partial charge < -0.3 is 14.8 Å². The van der Waals surface area contributed by atoms with Gasteiger partial charge in [0.1, 0.15) is 18.1 Å². The first-order valence-electron chi connectivity index (χ1n) is 8.81. The Kier molecular flexibility index (Phi) is 7.34. The molecule has 0 aliphatic heterocycles. The van der Waals surface area contributed by atoms with E-state index in [-0.39, 0.29) is 5.91 Å². The number of rotatable bonds is 8. The third kappa shape index (κ3) is 5.67. The van der Waals surface area contributed by atoms with Crippen LogP contribution in [0.2, 0.25) is 5.02 Å². The number of nitrogens with one attached hydrogen (secondary N) is 1. The van der Waals surface area contributed by atoms with Crippen molar-refractivity contribution in [1.29, 1.82) is 0 Å². The van der Waals surface area contributed by atoms with Crippen molar-refractivity contribution in [3.05, 3.63) is 58.1 Å². The van der Waals surface area contributed by atoms with Gasteiger partial charge in [0.25, 0.3) is 5.91 Å². The van der Waals surface area contributed by atoms with Crippen LogP contribution in [0.1, 0.15) is 30.0 Å². The number of ether oxygens (including phenoxy) is 2. The first kappa shape index (κ1) is 20.1. The number of aryl methyl sites for hydroxylation is 3. The summed E-state index contributed by atoms with van der Waals surface area (Å²) in [5.41, 5.74) is 3.12. The highest BCUT2D eigenvalue weighted by Crippen LogP contribution is 2.22. The van der Waals surface area contributed by atoms with Crippen LogP contribution in [0.15, 0.2) is 36.4 Å². The van der Waals surface area contributed by atoms with E-state index in [0.29, 0.717) is 30.3 Å². The molecule has 0 aliphatic carbocycles. The van der Waals surface area contributed by atoms with E-state index >= 15 is 0 Å². The number of amides is 1. The molecule has 0 saturated heterocycles. The molecule has 0 spiro atoms. The van der Waals surface area contributed by atoms with Gasteiger partial charge in [0.15, 0.2) is 6.10 Å². The highest BCUT2D eigenvalue weighted by atomic mass is 35.5. The van der Waals surface area contributed by atoms with Crippen LogP contribution in [0.3, 0.4) is 0 Å². The van der Waals surface area contributed by atoms with Gasteiger partial charge in [-0.05, 0) is 62.1 Å². The molecule has 1 N–H and O–H groups in total. The second-order valence-corrected chi connectivity index (χ2v) is 6.74. The summed E-state index contributed by atoms with van der Waals surface area (Å²) in [6.45, 7) is 8.61. The summed E-state index contributed by atoms with van der Waals surface area (Å²) in [4.78, 5) is 12.4. The fraction of sp³-hybridized carbons (Fsp3) is 0.381. The largest absolute Gasteiger partial charge is 0.492 e. The van der Waals surface area contributed by atoms with Crippen LogP contribution in [0.5, 0.6) is 11.5 Å². The number of hydrogen-bond acceptors (Lipinski definition) is 3. The van der Waals surface area contributed by atoms with Crippen molar-refractivity contribution >= 4 is 17.5 Å². The number of carbonyl (C=O) groups excluding carboxylic acids is 1. The third-order valence-electron chi connectivity index (χ3n) is 4.09. The fourth-order valence-electron chi connectivity index (χ4n) is 2.43. The van der Waals surface area contributed by atoms with Gasteiger partial charge in [-0.1, -0.05) is 36.7 Å². The minimum absolute atomic E-state index is 0.140. The Morgan fingerprint density at radius 3 is 2.54 bits per heavy atom.